The monoisotopic (exact) mass is 614 g/mol. The third-order valence-electron chi connectivity index (χ3n) is 6.24. The van der Waals surface area contributed by atoms with Gasteiger partial charge < -0.3 is 19.2 Å². The Labute approximate surface area is 257 Å². The molecule has 0 spiro atoms. The number of carbonyl (C=O) groups excluding carboxylic acids is 2. The van der Waals surface area contributed by atoms with E-state index in [1.165, 1.54) is 11.8 Å². The van der Waals surface area contributed by atoms with Crippen molar-refractivity contribution >= 4 is 58.2 Å². The average Bonchev–Trinajstić information content (AvgIpc) is 3.43. The Hall–Kier alpha value is -4.80. The van der Waals surface area contributed by atoms with Gasteiger partial charge in [-0.15, -0.1) is 0 Å². The first-order valence-electron chi connectivity index (χ1n) is 13.2. The number of benzene rings is 4. The zero-order valence-electron chi connectivity index (χ0n) is 23.3. The predicted molar refractivity (Wildman–Crippen MR) is 168 cm³/mol. The number of amides is 2. The highest BCUT2D eigenvalue weighted by atomic mass is 35.5. The van der Waals surface area contributed by atoms with Crippen LogP contribution in [0.3, 0.4) is 0 Å². The van der Waals surface area contributed by atoms with Crippen LogP contribution < -0.4 is 20.2 Å². The largest absolute Gasteiger partial charge is 0.496 e. The minimum absolute atomic E-state index is 0.165. The molecule has 1 aromatic heterocycles. The number of halogens is 1. The van der Waals surface area contributed by atoms with Crippen LogP contribution in [0, 0.1) is 6.92 Å². The summed E-state index contributed by atoms with van der Waals surface area (Å²) in [5.41, 5.74) is 7.53. The number of hydrogen-bond donors (Lipinski definition) is 2. The number of fused-ring (bicyclic) bond motifs is 1. The van der Waals surface area contributed by atoms with Crippen LogP contribution in [-0.2, 0) is 10.5 Å². The van der Waals surface area contributed by atoms with Gasteiger partial charge in [-0.05, 0) is 90.8 Å². The minimum Gasteiger partial charge on any atom is -0.496 e. The maximum absolute atomic E-state index is 12.6. The van der Waals surface area contributed by atoms with Gasteiger partial charge in [-0.1, -0.05) is 35.5 Å². The number of aromatic nitrogens is 1. The molecule has 4 aromatic carbocycles. The first-order valence-corrected chi connectivity index (χ1v) is 14.5. The number of para-hydroxylation sites is 2. The summed E-state index contributed by atoms with van der Waals surface area (Å²) >= 11 is 7.41. The summed E-state index contributed by atoms with van der Waals surface area (Å²) in [5, 5.41) is 8.01. The lowest BCUT2D eigenvalue weighted by molar-refractivity contribution is -0.118. The van der Waals surface area contributed by atoms with Gasteiger partial charge in [0.15, 0.2) is 12.2 Å². The number of oxazole rings is 1. The van der Waals surface area contributed by atoms with Gasteiger partial charge in [-0.3, -0.25) is 9.59 Å². The molecular formula is C32H27ClN4O5S. The molecule has 11 heteroatoms. The molecule has 0 aliphatic carbocycles. The summed E-state index contributed by atoms with van der Waals surface area (Å²) in [6.07, 6.45) is 1.56. The van der Waals surface area contributed by atoms with Crippen molar-refractivity contribution in [3.63, 3.8) is 0 Å². The second kappa shape index (κ2) is 13.9. The van der Waals surface area contributed by atoms with Gasteiger partial charge in [-0.2, -0.15) is 5.10 Å². The number of hydrazone groups is 1. The molecule has 1 heterocycles. The van der Waals surface area contributed by atoms with Crippen LogP contribution in [0.15, 0.2) is 99.7 Å². The molecule has 9 nitrogen and oxygen atoms in total. The topological polar surface area (TPSA) is 115 Å². The number of aryl methyl sites for hydroxylation is 1. The quantitative estimate of drug-likeness (QED) is 0.0947. The number of methoxy groups -OCH3 is 1. The van der Waals surface area contributed by atoms with E-state index in [-0.39, 0.29) is 12.5 Å². The molecule has 218 valence electrons. The van der Waals surface area contributed by atoms with Crippen molar-refractivity contribution in [2.45, 2.75) is 17.9 Å². The number of anilines is 1. The van der Waals surface area contributed by atoms with Crippen LogP contribution in [0.2, 0.25) is 5.02 Å². The van der Waals surface area contributed by atoms with Crippen molar-refractivity contribution in [2.75, 3.05) is 19.0 Å². The van der Waals surface area contributed by atoms with Crippen molar-refractivity contribution in [1.29, 1.82) is 0 Å². The molecule has 0 aliphatic heterocycles. The Morgan fingerprint density at radius 3 is 2.58 bits per heavy atom. The number of thioether (sulfide) groups is 1. The zero-order valence-corrected chi connectivity index (χ0v) is 24.9. The molecule has 5 rings (SSSR count). The average molecular weight is 615 g/mol. The third-order valence-corrected chi connectivity index (χ3v) is 7.35. The van der Waals surface area contributed by atoms with Crippen molar-refractivity contribution in [3.8, 4) is 11.5 Å². The van der Waals surface area contributed by atoms with Gasteiger partial charge in [-0.25, -0.2) is 10.4 Å². The third kappa shape index (κ3) is 7.94. The predicted octanol–water partition coefficient (Wildman–Crippen LogP) is 6.87. The Morgan fingerprint density at radius 1 is 1.02 bits per heavy atom. The van der Waals surface area contributed by atoms with Gasteiger partial charge in [0, 0.05) is 27.6 Å². The molecule has 0 saturated heterocycles. The summed E-state index contributed by atoms with van der Waals surface area (Å²) in [5.74, 6) is 1.15. The number of rotatable bonds is 11. The number of nitrogens with zero attached hydrogens (tertiary/aromatic N) is 2. The molecule has 0 unspecified atom stereocenters. The van der Waals surface area contributed by atoms with E-state index in [1.54, 1.807) is 55.8 Å². The molecule has 2 N–H and O–H groups in total. The normalized spacial score (nSPS) is 11.0. The van der Waals surface area contributed by atoms with Crippen molar-refractivity contribution in [3.05, 3.63) is 112 Å². The van der Waals surface area contributed by atoms with E-state index in [4.69, 9.17) is 25.5 Å². The first-order chi connectivity index (χ1) is 20.9. The standard InChI is InChI=1S/C32H27ClN4O5S/c1-20-15-24(33)10-14-27(20)41-18-30(38)35-25-11-8-22(9-12-25)31(39)37-34-17-21-7-13-28(40-2)23(16-21)19-43-32-36-26-5-3-4-6-29(26)42-32/h3-17H,18-19H2,1-2H3,(H,35,38)(H,37,39)/b34-17+. The molecule has 0 atom stereocenters. The molecule has 43 heavy (non-hydrogen) atoms. The highest BCUT2D eigenvalue weighted by Crippen LogP contribution is 2.30. The lowest BCUT2D eigenvalue weighted by atomic mass is 10.1. The summed E-state index contributed by atoms with van der Waals surface area (Å²) < 4.78 is 16.9. The Balaban J connectivity index is 1.13. The fourth-order valence-corrected chi connectivity index (χ4v) is 5.14. The zero-order chi connectivity index (χ0) is 30.2. The van der Waals surface area contributed by atoms with Crippen LogP contribution in [0.25, 0.3) is 11.1 Å². The van der Waals surface area contributed by atoms with Gasteiger partial charge in [0.1, 0.15) is 17.0 Å². The van der Waals surface area contributed by atoms with Crippen molar-refractivity contribution in [2.24, 2.45) is 5.10 Å². The number of carbonyl (C=O) groups is 2. The number of nitrogens with one attached hydrogen (secondary N) is 2. The van der Waals surface area contributed by atoms with E-state index in [0.717, 1.165) is 33.5 Å². The lowest BCUT2D eigenvalue weighted by Crippen LogP contribution is -2.21. The summed E-state index contributed by atoms with van der Waals surface area (Å²) in [7, 11) is 1.61. The maximum atomic E-state index is 12.6. The molecule has 0 fully saturated rings. The lowest BCUT2D eigenvalue weighted by Gasteiger charge is -2.10. The fraction of sp³-hybridized carbons (Fsp3) is 0.125. The second-order valence-corrected chi connectivity index (χ2v) is 10.7. The summed E-state index contributed by atoms with van der Waals surface area (Å²) in [6.45, 7) is 1.69. The van der Waals surface area contributed by atoms with Crippen LogP contribution >= 0.6 is 23.4 Å². The van der Waals surface area contributed by atoms with Gasteiger partial charge >= 0.3 is 0 Å². The highest BCUT2D eigenvalue weighted by Gasteiger charge is 2.11. The molecule has 2 amide bonds. The number of ether oxygens (including phenoxy) is 2. The second-order valence-electron chi connectivity index (χ2n) is 9.33. The van der Waals surface area contributed by atoms with Crippen LogP contribution in [0.1, 0.15) is 27.0 Å². The Kier molecular flexibility index (Phi) is 9.60. The molecule has 5 aromatic rings. The number of hydrogen-bond acceptors (Lipinski definition) is 8. The van der Waals surface area contributed by atoms with Gasteiger partial charge in [0.25, 0.3) is 17.0 Å². The molecule has 0 bridgehead atoms. The smallest absolute Gasteiger partial charge is 0.271 e. The van der Waals surface area contributed by atoms with Crippen molar-refractivity contribution < 1.29 is 23.5 Å². The van der Waals surface area contributed by atoms with Crippen molar-refractivity contribution in [1.82, 2.24) is 10.4 Å². The summed E-state index contributed by atoms with van der Waals surface area (Å²) in [6, 6.07) is 24.9. The molecule has 0 saturated carbocycles. The maximum Gasteiger partial charge on any atom is 0.271 e. The van der Waals surface area contributed by atoms with Crippen LogP contribution in [0.5, 0.6) is 11.5 Å². The molecular weight excluding hydrogens is 588 g/mol. The SMILES string of the molecule is COc1ccc(/C=N/NC(=O)c2ccc(NC(=O)COc3ccc(Cl)cc3C)cc2)cc1CSc1nc2ccccc2o1. The minimum atomic E-state index is -0.393. The van der Waals surface area contributed by atoms with Crippen LogP contribution in [-0.4, -0.2) is 36.7 Å². The highest BCUT2D eigenvalue weighted by molar-refractivity contribution is 7.98. The Morgan fingerprint density at radius 2 is 1.81 bits per heavy atom. The van der Waals surface area contributed by atoms with Gasteiger partial charge in [0.05, 0.1) is 13.3 Å². The van der Waals surface area contributed by atoms with E-state index in [9.17, 15) is 9.59 Å². The van der Waals surface area contributed by atoms with E-state index >= 15 is 0 Å². The molecule has 0 radical (unpaired) electrons. The Bertz CT molecular complexity index is 1760. The summed E-state index contributed by atoms with van der Waals surface area (Å²) in [4.78, 5) is 29.4. The first kappa shape index (κ1) is 29.7. The van der Waals surface area contributed by atoms with E-state index in [1.807, 2.05) is 49.4 Å². The van der Waals surface area contributed by atoms with E-state index in [0.29, 0.717) is 33.0 Å². The van der Waals surface area contributed by atoms with Gasteiger partial charge in [0.2, 0.25) is 0 Å². The van der Waals surface area contributed by atoms with Crippen LogP contribution in [0.4, 0.5) is 5.69 Å². The fourth-order valence-electron chi connectivity index (χ4n) is 4.09. The van der Waals surface area contributed by atoms with E-state index in [2.05, 4.69) is 20.8 Å². The molecule has 0 aliphatic rings. The van der Waals surface area contributed by atoms with E-state index < -0.39 is 5.91 Å².